The van der Waals surface area contributed by atoms with Crippen LogP contribution in [0.3, 0.4) is 0 Å². The summed E-state index contributed by atoms with van der Waals surface area (Å²) in [4.78, 5) is 14.1. The Hall–Kier alpha value is -2.93. The molecule has 128 valence electrons. The van der Waals surface area contributed by atoms with Crippen molar-refractivity contribution in [1.82, 2.24) is 14.1 Å². The van der Waals surface area contributed by atoms with Gasteiger partial charge in [0.05, 0.1) is 19.2 Å². The van der Waals surface area contributed by atoms with Gasteiger partial charge in [-0.3, -0.25) is 4.57 Å². The van der Waals surface area contributed by atoms with Crippen LogP contribution in [0.25, 0.3) is 21.8 Å². The highest BCUT2D eigenvalue weighted by molar-refractivity contribution is 6.08. The molecular formula is C18H15F2N3O2. The van der Waals surface area contributed by atoms with E-state index >= 15 is 0 Å². The van der Waals surface area contributed by atoms with Crippen molar-refractivity contribution in [2.24, 2.45) is 0 Å². The minimum Gasteiger partial charge on any atom is -0.389 e. The fourth-order valence-electron chi connectivity index (χ4n) is 3.23. The highest BCUT2D eigenvalue weighted by Gasteiger charge is 2.16. The fourth-order valence-corrected chi connectivity index (χ4v) is 3.23. The summed E-state index contributed by atoms with van der Waals surface area (Å²) in [6.07, 6.45) is 2.21. The molecule has 0 fully saturated rings. The average molecular weight is 343 g/mol. The van der Waals surface area contributed by atoms with E-state index in [1.807, 2.05) is 4.57 Å². The summed E-state index contributed by atoms with van der Waals surface area (Å²) in [5, 5.41) is 11.6. The van der Waals surface area contributed by atoms with Crippen molar-refractivity contribution in [2.45, 2.75) is 19.2 Å². The Morgan fingerprint density at radius 3 is 2.12 bits per heavy atom. The number of halogens is 2. The smallest absolute Gasteiger partial charge is 0.325 e. The summed E-state index contributed by atoms with van der Waals surface area (Å²) in [6, 6.07) is 8.59. The minimum atomic E-state index is -0.845. The number of aromatic amines is 1. The lowest BCUT2D eigenvalue weighted by Crippen LogP contribution is -2.27. The molecule has 2 heterocycles. The third-order valence-corrected chi connectivity index (χ3v) is 4.31. The molecule has 25 heavy (non-hydrogen) atoms. The van der Waals surface area contributed by atoms with E-state index in [-0.39, 0.29) is 18.8 Å². The van der Waals surface area contributed by atoms with Crippen molar-refractivity contribution in [3.8, 4) is 0 Å². The summed E-state index contributed by atoms with van der Waals surface area (Å²) in [5.74, 6) is -0.814. The topological polar surface area (TPSA) is 62.9 Å². The summed E-state index contributed by atoms with van der Waals surface area (Å²) in [7, 11) is 0. The van der Waals surface area contributed by atoms with E-state index in [2.05, 4.69) is 4.98 Å². The van der Waals surface area contributed by atoms with E-state index in [4.69, 9.17) is 0 Å². The molecule has 0 saturated carbocycles. The summed E-state index contributed by atoms with van der Waals surface area (Å²) in [6.45, 7) is 0.306. The molecule has 4 aromatic rings. The molecule has 0 amide bonds. The van der Waals surface area contributed by atoms with Gasteiger partial charge in [0.2, 0.25) is 0 Å². The molecule has 0 bridgehead atoms. The number of benzene rings is 2. The summed E-state index contributed by atoms with van der Waals surface area (Å²) < 4.78 is 30.5. The number of aromatic nitrogens is 3. The van der Waals surface area contributed by atoms with E-state index in [9.17, 15) is 18.7 Å². The van der Waals surface area contributed by atoms with Gasteiger partial charge < -0.3 is 14.7 Å². The quantitative estimate of drug-likeness (QED) is 0.598. The van der Waals surface area contributed by atoms with E-state index in [0.29, 0.717) is 21.8 Å². The Bertz CT molecular complexity index is 1070. The van der Waals surface area contributed by atoms with Gasteiger partial charge in [0.25, 0.3) is 0 Å². The van der Waals surface area contributed by atoms with Crippen molar-refractivity contribution in [3.63, 3.8) is 0 Å². The van der Waals surface area contributed by atoms with E-state index in [0.717, 1.165) is 0 Å². The van der Waals surface area contributed by atoms with Crippen LogP contribution in [0.1, 0.15) is 0 Å². The van der Waals surface area contributed by atoms with Crippen molar-refractivity contribution in [2.75, 3.05) is 0 Å². The molecule has 2 N–H and O–H groups in total. The van der Waals surface area contributed by atoms with Gasteiger partial charge in [-0.1, -0.05) is 0 Å². The standard InChI is InChI=1S/C18H15F2N3O2/c19-11-1-3-16-14(7-11)15-8-12(20)2-4-17(15)23(16)10-13(24)9-22-6-5-21-18(22)25/h1-8,13,24H,9-10H2,(H,21,25)/t13-/m0/s1. The zero-order valence-corrected chi connectivity index (χ0v) is 13.1. The van der Waals surface area contributed by atoms with Gasteiger partial charge in [-0.25, -0.2) is 13.6 Å². The maximum absolute atomic E-state index is 13.6. The van der Waals surface area contributed by atoms with Gasteiger partial charge in [0.15, 0.2) is 0 Å². The number of aliphatic hydroxyl groups is 1. The van der Waals surface area contributed by atoms with Crippen LogP contribution < -0.4 is 5.69 Å². The molecule has 1 atom stereocenters. The van der Waals surface area contributed by atoms with Crippen molar-refractivity contribution >= 4 is 21.8 Å². The number of nitrogens with zero attached hydrogens (tertiary/aromatic N) is 2. The second kappa shape index (κ2) is 5.86. The van der Waals surface area contributed by atoms with Gasteiger partial charge in [-0.2, -0.15) is 0 Å². The molecule has 0 aliphatic carbocycles. The Labute approximate surface area is 140 Å². The van der Waals surface area contributed by atoms with Crippen molar-refractivity contribution in [1.29, 1.82) is 0 Å². The SMILES string of the molecule is O=c1[nH]ccn1C[C@H](O)Cn1c2ccc(F)cc2c2cc(F)ccc21. The Balaban J connectivity index is 1.80. The number of imidazole rings is 1. The molecular weight excluding hydrogens is 328 g/mol. The number of aliphatic hydroxyl groups excluding tert-OH is 1. The molecule has 0 aliphatic heterocycles. The predicted octanol–water partition coefficient (Wildman–Crippen LogP) is 2.62. The van der Waals surface area contributed by atoms with Gasteiger partial charge in [-0.05, 0) is 36.4 Å². The molecule has 7 heteroatoms. The average Bonchev–Trinajstić information content (AvgIpc) is 3.10. The van der Waals surface area contributed by atoms with Crippen molar-refractivity contribution in [3.05, 3.63) is 70.9 Å². The Kier molecular flexibility index (Phi) is 3.65. The highest BCUT2D eigenvalue weighted by atomic mass is 19.1. The molecule has 0 radical (unpaired) electrons. The predicted molar refractivity (Wildman–Crippen MR) is 90.4 cm³/mol. The van der Waals surface area contributed by atoms with E-state index in [1.54, 1.807) is 18.3 Å². The number of H-pyrrole nitrogens is 1. The number of hydrogen-bond donors (Lipinski definition) is 2. The number of rotatable bonds is 4. The Morgan fingerprint density at radius 1 is 1.00 bits per heavy atom. The first kappa shape index (κ1) is 15.6. The second-order valence-electron chi connectivity index (χ2n) is 6.00. The van der Waals surface area contributed by atoms with Gasteiger partial charge >= 0.3 is 5.69 Å². The number of nitrogens with one attached hydrogen (secondary N) is 1. The molecule has 0 aliphatic rings. The number of hydrogen-bond acceptors (Lipinski definition) is 2. The first-order valence-corrected chi connectivity index (χ1v) is 7.82. The summed E-state index contributed by atoms with van der Waals surface area (Å²) in [5.41, 5.74) is 1.09. The third-order valence-electron chi connectivity index (χ3n) is 4.31. The van der Waals surface area contributed by atoms with Crippen LogP contribution in [0.2, 0.25) is 0 Å². The lowest BCUT2D eigenvalue weighted by atomic mass is 10.1. The first-order chi connectivity index (χ1) is 12.0. The highest BCUT2D eigenvalue weighted by Crippen LogP contribution is 2.30. The fraction of sp³-hybridized carbons (Fsp3) is 0.167. The molecule has 4 rings (SSSR count). The van der Waals surface area contributed by atoms with Gasteiger partial charge in [0.1, 0.15) is 11.6 Å². The molecule has 2 aromatic carbocycles. The third kappa shape index (κ3) is 2.72. The first-order valence-electron chi connectivity index (χ1n) is 7.82. The molecule has 5 nitrogen and oxygen atoms in total. The maximum atomic E-state index is 13.6. The van der Waals surface area contributed by atoms with Gasteiger partial charge in [0, 0.05) is 34.2 Å². The van der Waals surface area contributed by atoms with Gasteiger partial charge in [-0.15, -0.1) is 0 Å². The monoisotopic (exact) mass is 343 g/mol. The minimum absolute atomic E-state index is 0.117. The lowest BCUT2D eigenvalue weighted by molar-refractivity contribution is 0.136. The normalized spacial score (nSPS) is 12.9. The van der Waals surface area contributed by atoms with E-state index < -0.39 is 17.7 Å². The molecule has 0 saturated heterocycles. The van der Waals surface area contributed by atoms with Crippen LogP contribution in [0, 0.1) is 11.6 Å². The summed E-state index contributed by atoms with van der Waals surface area (Å²) >= 11 is 0. The molecule has 0 spiro atoms. The largest absolute Gasteiger partial charge is 0.389 e. The molecule has 0 unspecified atom stereocenters. The zero-order valence-electron chi connectivity index (χ0n) is 13.1. The van der Waals surface area contributed by atoms with Crippen molar-refractivity contribution < 1.29 is 13.9 Å². The van der Waals surface area contributed by atoms with E-state index in [1.165, 1.54) is 35.0 Å². The maximum Gasteiger partial charge on any atom is 0.325 e. The van der Waals surface area contributed by atoms with Crippen LogP contribution in [0.4, 0.5) is 8.78 Å². The van der Waals surface area contributed by atoms with Crippen LogP contribution >= 0.6 is 0 Å². The molecule has 2 aromatic heterocycles. The van der Waals surface area contributed by atoms with Crippen LogP contribution in [-0.4, -0.2) is 25.3 Å². The number of fused-ring (bicyclic) bond motifs is 3. The van der Waals surface area contributed by atoms with Crippen LogP contribution in [-0.2, 0) is 13.1 Å². The zero-order chi connectivity index (χ0) is 17.6. The lowest BCUT2D eigenvalue weighted by Gasteiger charge is -2.14. The second-order valence-corrected chi connectivity index (χ2v) is 6.00. The van der Waals surface area contributed by atoms with Crippen LogP contribution in [0.15, 0.2) is 53.6 Å². The Morgan fingerprint density at radius 2 is 1.60 bits per heavy atom. The van der Waals surface area contributed by atoms with Crippen LogP contribution in [0.5, 0.6) is 0 Å².